The average Bonchev–Trinajstić information content (AvgIpc) is 3.38. The molecule has 2 aromatic carbocycles. The van der Waals surface area contributed by atoms with E-state index in [1.54, 1.807) is 6.07 Å². The van der Waals surface area contributed by atoms with Crippen LogP contribution in [0.5, 0.6) is 0 Å². The summed E-state index contributed by atoms with van der Waals surface area (Å²) in [6.07, 6.45) is -4.76. The van der Waals surface area contributed by atoms with E-state index in [1.165, 1.54) is 44.2 Å². The van der Waals surface area contributed by atoms with Gasteiger partial charge < -0.3 is 9.26 Å². The molecule has 0 aliphatic heterocycles. The first-order chi connectivity index (χ1) is 16.5. The second-order valence-corrected chi connectivity index (χ2v) is 8.37. The van der Waals surface area contributed by atoms with Gasteiger partial charge in [0.25, 0.3) is 0 Å². The first kappa shape index (κ1) is 24.7. The summed E-state index contributed by atoms with van der Waals surface area (Å²) in [5, 5.41) is 7.42. The van der Waals surface area contributed by atoms with Crippen LogP contribution >= 0.6 is 23.2 Å². The molecule has 182 valence electrons. The lowest BCUT2D eigenvalue weighted by atomic mass is 10.0. The molecule has 0 fully saturated rings. The fraction of sp³-hybridized carbons (Fsp3) is 0.174. The lowest BCUT2D eigenvalue weighted by Gasteiger charge is -2.14. The molecule has 12 heteroatoms. The molecule has 0 aliphatic rings. The smallest absolute Gasteiger partial charge is 0.434 e. The highest BCUT2D eigenvalue weighted by molar-refractivity contribution is 6.33. The molecule has 0 amide bonds. The van der Waals surface area contributed by atoms with E-state index in [-0.39, 0.29) is 21.3 Å². The SMILES string of the molecule is CC(C)OC(=O)c1c(-c2c(F)cccc2Cl)noc1-c1cnn(-c2ccccc2Cl)c1C(F)(F)F. The summed E-state index contributed by atoms with van der Waals surface area (Å²) in [6.45, 7) is 3.08. The van der Waals surface area contributed by atoms with E-state index in [0.29, 0.717) is 4.68 Å². The van der Waals surface area contributed by atoms with Crippen LogP contribution in [0.15, 0.2) is 53.2 Å². The number of carbonyl (C=O) groups excluding carboxylic acids is 1. The Balaban J connectivity index is 2.02. The number of ether oxygens (including phenoxy) is 1. The van der Waals surface area contributed by atoms with E-state index in [9.17, 15) is 22.4 Å². The Hall–Kier alpha value is -3.37. The first-order valence-corrected chi connectivity index (χ1v) is 10.8. The molecule has 0 spiro atoms. The van der Waals surface area contributed by atoms with Crippen LogP contribution in [0.25, 0.3) is 28.3 Å². The van der Waals surface area contributed by atoms with Gasteiger partial charge in [-0.1, -0.05) is 46.6 Å². The topological polar surface area (TPSA) is 70.2 Å². The fourth-order valence-electron chi connectivity index (χ4n) is 3.42. The molecule has 0 saturated carbocycles. The Labute approximate surface area is 206 Å². The van der Waals surface area contributed by atoms with Crippen LogP contribution in [0, 0.1) is 5.82 Å². The summed E-state index contributed by atoms with van der Waals surface area (Å²) in [7, 11) is 0. The maximum Gasteiger partial charge on any atom is 0.434 e. The van der Waals surface area contributed by atoms with Crippen molar-refractivity contribution in [2.45, 2.75) is 26.1 Å². The van der Waals surface area contributed by atoms with E-state index in [4.69, 9.17) is 32.5 Å². The molecule has 4 rings (SSSR count). The van der Waals surface area contributed by atoms with Gasteiger partial charge in [0.2, 0.25) is 0 Å². The number of aromatic nitrogens is 3. The van der Waals surface area contributed by atoms with Crippen molar-refractivity contribution in [3.8, 4) is 28.3 Å². The minimum Gasteiger partial charge on any atom is -0.459 e. The number of benzene rings is 2. The summed E-state index contributed by atoms with van der Waals surface area (Å²) in [5.41, 5.74) is -3.24. The van der Waals surface area contributed by atoms with Gasteiger partial charge in [-0.3, -0.25) is 0 Å². The molecule has 0 bridgehead atoms. The number of hydrogen-bond donors (Lipinski definition) is 0. The second kappa shape index (κ2) is 9.35. The standard InChI is InChI=1S/C23H15Cl2F4N3O3/c1-11(2)34-22(33)18-19(17-14(25)7-5-8-15(17)26)31-35-20(18)12-10-30-32(21(12)23(27,28)29)16-9-4-3-6-13(16)24/h3-11H,1-2H3. The van der Waals surface area contributed by atoms with Gasteiger partial charge in [-0.15, -0.1) is 0 Å². The first-order valence-electron chi connectivity index (χ1n) is 10.1. The van der Waals surface area contributed by atoms with E-state index in [2.05, 4.69) is 10.3 Å². The molecule has 6 nitrogen and oxygen atoms in total. The lowest BCUT2D eigenvalue weighted by molar-refractivity contribution is -0.142. The maximum atomic E-state index is 14.7. The van der Waals surface area contributed by atoms with Crippen LogP contribution in [0.3, 0.4) is 0 Å². The predicted molar refractivity (Wildman–Crippen MR) is 120 cm³/mol. The fourth-order valence-corrected chi connectivity index (χ4v) is 3.89. The highest BCUT2D eigenvalue weighted by atomic mass is 35.5. The number of para-hydroxylation sites is 1. The summed E-state index contributed by atoms with van der Waals surface area (Å²) in [6, 6.07) is 9.49. The Morgan fingerprint density at radius 2 is 1.77 bits per heavy atom. The molecule has 0 atom stereocenters. The van der Waals surface area contributed by atoms with Crippen molar-refractivity contribution in [2.75, 3.05) is 0 Å². The molecule has 35 heavy (non-hydrogen) atoms. The van der Waals surface area contributed by atoms with E-state index < -0.39 is 52.3 Å². The third kappa shape index (κ3) is 4.63. The average molecular weight is 528 g/mol. The predicted octanol–water partition coefficient (Wildman–Crippen LogP) is 7.22. The Kier molecular flexibility index (Phi) is 6.61. The van der Waals surface area contributed by atoms with E-state index >= 15 is 0 Å². The molecule has 0 unspecified atom stereocenters. The van der Waals surface area contributed by atoms with Crippen molar-refractivity contribution in [3.05, 3.63) is 75.8 Å². The number of esters is 1. The van der Waals surface area contributed by atoms with Crippen molar-refractivity contribution in [3.63, 3.8) is 0 Å². The van der Waals surface area contributed by atoms with Gasteiger partial charge in [0.05, 0.1) is 39.2 Å². The number of nitrogens with zero attached hydrogens (tertiary/aromatic N) is 3. The second-order valence-electron chi connectivity index (χ2n) is 7.55. The van der Waals surface area contributed by atoms with Crippen molar-refractivity contribution in [1.82, 2.24) is 14.9 Å². The number of alkyl halides is 3. The Morgan fingerprint density at radius 3 is 2.40 bits per heavy atom. The molecule has 0 N–H and O–H groups in total. The quantitative estimate of drug-likeness (QED) is 0.202. The van der Waals surface area contributed by atoms with Crippen molar-refractivity contribution >= 4 is 29.2 Å². The third-order valence-electron chi connectivity index (χ3n) is 4.80. The molecule has 4 aromatic rings. The van der Waals surface area contributed by atoms with E-state index in [1.807, 2.05) is 0 Å². The number of hydrogen-bond acceptors (Lipinski definition) is 5. The third-order valence-corrected chi connectivity index (χ3v) is 5.44. The van der Waals surface area contributed by atoms with Crippen molar-refractivity contribution in [2.24, 2.45) is 0 Å². The van der Waals surface area contributed by atoms with Crippen LogP contribution in [0.4, 0.5) is 17.6 Å². The van der Waals surface area contributed by atoms with Gasteiger partial charge in [0.1, 0.15) is 17.1 Å². The highest BCUT2D eigenvalue weighted by Crippen LogP contribution is 2.43. The molecule has 2 heterocycles. The van der Waals surface area contributed by atoms with Crippen molar-refractivity contribution in [1.29, 1.82) is 0 Å². The van der Waals surface area contributed by atoms with Crippen LogP contribution in [-0.4, -0.2) is 27.0 Å². The maximum absolute atomic E-state index is 14.7. The van der Waals surface area contributed by atoms with Gasteiger partial charge in [0, 0.05) is 0 Å². The number of rotatable bonds is 5. The Bertz CT molecular complexity index is 1390. The molecule has 2 aromatic heterocycles. The molecule has 0 saturated heterocycles. The van der Waals surface area contributed by atoms with Crippen LogP contribution in [0.1, 0.15) is 29.9 Å². The lowest BCUT2D eigenvalue weighted by Crippen LogP contribution is -2.16. The zero-order valence-electron chi connectivity index (χ0n) is 18.0. The van der Waals surface area contributed by atoms with Gasteiger partial charge in [-0.25, -0.2) is 13.9 Å². The van der Waals surface area contributed by atoms with Crippen LogP contribution in [-0.2, 0) is 10.9 Å². The van der Waals surface area contributed by atoms with Gasteiger partial charge in [0.15, 0.2) is 11.5 Å². The Morgan fingerprint density at radius 1 is 1.09 bits per heavy atom. The summed E-state index contributed by atoms with van der Waals surface area (Å²) in [4.78, 5) is 13.0. The van der Waals surface area contributed by atoms with E-state index in [0.717, 1.165) is 12.3 Å². The van der Waals surface area contributed by atoms with Gasteiger partial charge >= 0.3 is 12.1 Å². The zero-order valence-corrected chi connectivity index (χ0v) is 19.5. The normalized spacial score (nSPS) is 11.8. The zero-order chi connectivity index (χ0) is 25.5. The molecule has 0 radical (unpaired) electrons. The van der Waals surface area contributed by atoms with Crippen molar-refractivity contribution < 1.29 is 31.6 Å². The van der Waals surface area contributed by atoms with Gasteiger partial charge in [-0.2, -0.15) is 18.3 Å². The minimum absolute atomic E-state index is 0.00323. The molecular weight excluding hydrogens is 513 g/mol. The number of carbonyl (C=O) groups is 1. The molecule has 0 aliphatic carbocycles. The largest absolute Gasteiger partial charge is 0.459 e. The molecular formula is C23H15Cl2F4N3O3. The summed E-state index contributed by atoms with van der Waals surface area (Å²) < 4.78 is 68.5. The van der Waals surface area contributed by atoms with Gasteiger partial charge in [-0.05, 0) is 38.1 Å². The highest BCUT2D eigenvalue weighted by Gasteiger charge is 2.42. The minimum atomic E-state index is -4.97. The van der Waals surface area contributed by atoms with Crippen LogP contribution < -0.4 is 0 Å². The number of halogens is 6. The monoisotopic (exact) mass is 527 g/mol. The van der Waals surface area contributed by atoms with Crippen LogP contribution in [0.2, 0.25) is 10.0 Å². The summed E-state index contributed by atoms with van der Waals surface area (Å²) >= 11 is 12.2. The summed E-state index contributed by atoms with van der Waals surface area (Å²) in [5.74, 6) is -2.56.